The molecule has 0 spiro atoms. The van der Waals surface area contributed by atoms with Crippen LogP contribution in [0.4, 0.5) is 14.5 Å². The second-order valence-electron chi connectivity index (χ2n) is 8.29. The number of rotatable bonds is 3. The smallest absolute Gasteiger partial charge is 0.265 e. The Bertz CT molecular complexity index is 1450. The summed E-state index contributed by atoms with van der Waals surface area (Å²) in [6.07, 6.45) is 2.86. The van der Waals surface area contributed by atoms with E-state index in [0.29, 0.717) is 35.1 Å². The molecule has 4 aromatic rings. The highest BCUT2D eigenvalue weighted by Gasteiger charge is 2.31. The van der Waals surface area contributed by atoms with Crippen molar-refractivity contribution in [2.24, 2.45) is 0 Å². The maximum Gasteiger partial charge on any atom is 0.265 e. The Morgan fingerprint density at radius 1 is 1.09 bits per heavy atom. The number of pyridine rings is 2. The number of benzene rings is 2. The van der Waals surface area contributed by atoms with Crippen LogP contribution in [0.5, 0.6) is 0 Å². The van der Waals surface area contributed by atoms with Crippen LogP contribution < -0.4 is 10.5 Å². The number of hydrogen-bond acceptors (Lipinski definition) is 3. The fourth-order valence-electron chi connectivity index (χ4n) is 4.46. The number of carbonyl (C=O) groups excluding carboxylic acids is 1. The summed E-state index contributed by atoms with van der Waals surface area (Å²) in [5.41, 5.74) is 1.45. The van der Waals surface area contributed by atoms with Gasteiger partial charge in [-0.25, -0.2) is 13.8 Å². The minimum atomic E-state index is -0.545. The molecule has 2 aromatic heterocycles. The summed E-state index contributed by atoms with van der Waals surface area (Å²) in [5.74, 6) is -1.27. The van der Waals surface area contributed by atoms with Crippen LogP contribution >= 0.6 is 0 Å². The van der Waals surface area contributed by atoms with Gasteiger partial charge in [0.2, 0.25) is 0 Å². The number of amides is 1. The Labute approximate surface area is 188 Å². The normalized spacial score (nSPS) is 15.5. The number of aromatic nitrogens is 2. The van der Waals surface area contributed by atoms with Crippen LogP contribution in [0.1, 0.15) is 34.8 Å². The average Bonchev–Trinajstić information content (AvgIpc) is 2.81. The molecule has 2 aromatic carbocycles. The van der Waals surface area contributed by atoms with E-state index >= 15 is 0 Å². The zero-order valence-corrected chi connectivity index (χ0v) is 18.0. The van der Waals surface area contributed by atoms with Crippen molar-refractivity contribution in [1.29, 1.82) is 0 Å². The molecular weight excluding hydrogens is 424 g/mol. The van der Waals surface area contributed by atoms with Crippen LogP contribution in [-0.2, 0) is 13.0 Å². The fraction of sp³-hybridized carbons (Fsp3) is 0.192. The van der Waals surface area contributed by atoms with Crippen LogP contribution in [0.2, 0.25) is 0 Å². The lowest BCUT2D eigenvalue weighted by atomic mass is 9.95. The first-order valence-corrected chi connectivity index (χ1v) is 10.8. The molecule has 166 valence electrons. The molecule has 3 heterocycles. The van der Waals surface area contributed by atoms with E-state index in [4.69, 9.17) is 0 Å². The molecule has 5 nitrogen and oxygen atoms in total. The van der Waals surface area contributed by atoms with Crippen LogP contribution in [-0.4, -0.2) is 21.5 Å². The molecule has 33 heavy (non-hydrogen) atoms. The van der Waals surface area contributed by atoms with Crippen molar-refractivity contribution >= 4 is 22.6 Å². The molecule has 1 atom stereocenters. The van der Waals surface area contributed by atoms with Gasteiger partial charge in [0.25, 0.3) is 11.5 Å². The lowest BCUT2D eigenvalue weighted by Gasteiger charge is -2.35. The van der Waals surface area contributed by atoms with Crippen LogP contribution in [0, 0.1) is 11.6 Å². The first kappa shape index (κ1) is 21.0. The number of fused-ring (bicyclic) bond motifs is 2. The molecule has 0 saturated carbocycles. The highest BCUT2D eigenvalue weighted by molar-refractivity contribution is 6.08. The van der Waals surface area contributed by atoms with Crippen molar-refractivity contribution in [2.75, 3.05) is 4.90 Å². The molecule has 0 fully saturated rings. The summed E-state index contributed by atoms with van der Waals surface area (Å²) in [7, 11) is 0. The zero-order valence-electron chi connectivity index (χ0n) is 18.0. The molecule has 1 aliphatic heterocycles. The van der Waals surface area contributed by atoms with Crippen molar-refractivity contribution in [3.8, 4) is 0 Å². The topological polar surface area (TPSA) is 55.2 Å². The zero-order chi connectivity index (χ0) is 23.1. The molecular formula is C26H21F2N3O2. The maximum atomic E-state index is 14.4. The quantitative estimate of drug-likeness (QED) is 0.459. The van der Waals surface area contributed by atoms with Crippen molar-refractivity contribution < 1.29 is 13.6 Å². The molecule has 0 radical (unpaired) electrons. The summed E-state index contributed by atoms with van der Waals surface area (Å²) in [6, 6.07) is 15.4. The standard InChI is InChI=1S/C26H21F2N3O2/c1-16-8-9-17-13-20(27)10-11-23(17)31(16)26(33)21-14-18-6-4-12-29-24(18)30(25(21)32)15-19-5-2-3-7-22(19)28/h2-7,10-14,16H,8-9,15H2,1H3/t16-/m0/s1. The van der Waals surface area contributed by atoms with Crippen LogP contribution in [0.15, 0.2) is 71.7 Å². The van der Waals surface area contributed by atoms with Crippen molar-refractivity contribution in [1.82, 2.24) is 9.55 Å². The number of anilines is 1. The molecule has 0 unspecified atom stereocenters. The van der Waals surface area contributed by atoms with E-state index in [9.17, 15) is 18.4 Å². The van der Waals surface area contributed by atoms with Gasteiger partial charge in [-0.1, -0.05) is 18.2 Å². The second-order valence-corrected chi connectivity index (χ2v) is 8.29. The molecule has 7 heteroatoms. The third-order valence-corrected chi connectivity index (χ3v) is 6.16. The van der Waals surface area contributed by atoms with E-state index in [0.717, 1.165) is 5.56 Å². The molecule has 0 N–H and O–H groups in total. The van der Waals surface area contributed by atoms with Gasteiger partial charge < -0.3 is 4.90 Å². The van der Waals surface area contributed by atoms with Crippen LogP contribution in [0.3, 0.4) is 0 Å². The van der Waals surface area contributed by atoms with E-state index in [1.807, 2.05) is 6.92 Å². The monoisotopic (exact) mass is 445 g/mol. The molecule has 0 aliphatic carbocycles. The number of carbonyl (C=O) groups is 1. The van der Waals surface area contributed by atoms with Crippen molar-refractivity contribution in [2.45, 2.75) is 32.4 Å². The summed E-state index contributed by atoms with van der Waals surface area (Å²) in [6.45, 7) is 1.85. The van der Waals surface area contributed by atoms with Gasteiger partial charge in [0.15, 0.2) is 0 Å². The minimum Gasteiger partial charge on any atom is -0.305 e. The summed E-state index contributed by atoms with van der Waals surface area (Å²) < 4.78 is 29.5. The van der Waals surface area contributed by atoms with Crippen molar-refractivity contribution in [3.05, 3.63) is 106 Å². The van der Waals surface area contributed by atoms with Gasteiger partial charge in [0, 0.05) is 28.9 Å². The SMILES string of the molecule is C[C@H]1CCc2cc(F)ccc2N1C(=O)c1cc2cccnc2n(Cc2ccccc2F)c1=O. The van der Waals surface area contributed by atoms with Gasteiger partial charge in [-0.3, -0.25) is 14.2 Å². The molecule has 0 bridgehead atoms. The lowest BCUT2D eigenvalue weighted by Crippen LogP contribution is -2.44. The van der Waals surface area contributed by atoms with Crippen molar-refractivity contribution in [3.63, 3.8) is 0 Å². The summed E-state index contributed by atoms with van der Waals surface area (Å²) >= 11 is 0. The Hall–Kier alpha value is -3.87. The largest absolute Gasteiger partial charge is 0.305 e. The van der Waals surface area contributed by atoms with E-state index in [2.05, 4.69) is 4.98 Å². The Morgan fingerprint density at radius 2 is 1.91 bits per heavy atom. The average molecular weight is 445 g/mol. The number of nitrogens with zero attached hydrogens (tertiary/aromatic N) is 3. The Balaban J connectivity index is 1.67. The molecule has 1 aliphatic rings. The predicted octanol–water partition coefficient (Wildman–Crippen LogP) is 4.70. The highest BCUT2D eigenvalue weighted by Crippen LogP contribution is 2.32. The predicted molar refractivity (Wildman–Crippen MR) is 122 cm³/mol. The van der Waals surface area contributed by atoms with Crippen LogP contribution in [0.25, 0.3) is 11.0 Å². The molecule has 0 saturated heterocycles. The Kier molecular flexibility index (Phi) is 5.24. The third kappa shape index (κ3) is 3.69. The summed E-state index contributed by atoms with van der Waals surface area (Å²) in [5, 5.41) is 0.598. The maximum absolute atomic E-state index is 14.4. The molecule has 1 amide bonds. The number of halogens is 2. The lowest BCUT2D eigenvalue weighted by molar-refractivity contribution is 0.0973. The fourth-order valence-corrected chi connectivity index (χ4v) is 4.46. The third-order valence-electron chi connectivity index (χ3n) is 6.16. The second kappa shape index (κ2) is 8.24. The number of aryl methyl sites for hydroxylation is 1. The first-order chi connectivity index (χ1) is 15.9. The number of hydrogen-bond donors (Lipinski definition) is 0. The van der Waals surface area contributed by atoms with Gasteiger partial charge in [0.1, 0.15) is 22.8 Å². The van der Waals surface area contributed by atoms with Gasteiger partial charge in [0.05, 0.1) is 6.54 Å². The van der Waals surface area contributed by atoms with Gasteiger partial charge >= 0.3 is 0 Å². The van der Waals surface area contributed by atoms with Gasteiger partial charge in [-0.05, 0) is 67.8 Å². The van der Waals surface area contributed by atoms with E-state index in [1.165, 1.54) is 28.8 Å². The Morgan fingerprint density at radius 3 is 2.73 bits per heavy atom. The first-order valence-electron chi connectivity index (χ1n) is 10.8. The highest BCUT2D eigenvalue weighted by atomic mass is 19.1. The van der Waals surface area contributed by atoms with E-state index in [-0.39, 0.29) is 24.0 Å². The van der Waals surface area contributed by atoms with E-state index in [1.54, 1.807) is 47.5 Å². The minimum absolute atomic E-state index is 0.0316. The molecule has 5 rings (SSSR count). The van der Waals surface area contributed by atoms with E-state index < -0.39 is 17.3 Å². The summed E-state index contributed by atoms with van der Waals surface area (Å²) in [4.78, 5) is 33.1. The van der Waals surface area contributed by atoms with Gasteiger partial charge in [-0.15, -0.1) is 0 Å². The van der Waals surface area contributed by atoms with Gasteiger partial charge in [-0.2, -0.15) is 0 Å².